The molecule has 4 rings (SSSR count). The molecule has 1 aliphatic carbocycles. The minimum Gasteiger partial charge on any atom is -0.504 e. The highest BCUT2D eigenvalue weighted by molar-refractivity contribution is 6.38. The van der Waals surface area contributed by atoms with Gasteiger partial charge in [-0.25, -0.2) is 0 Å². The van der Waals surface area contributed by atoms with Gasteiger partial charge in [-0.1, -0.05) is 60.0 Å². The van der Waals surface area contributed by atoms with Crippen LogP contribution in [0.25, 0.3) is 0 Å². The molecule has 1 aliphatic heterocycles. The second-order valence-electron chi connectivity index (χ2n) is 8.71. The zero-order valence-corrected chi connectivity index (χ0v) is 21.5. The summed E-state index contributed by atoms with van der Waals surface area (Å²) < 4.78 is 17.5. The van der Waals surface area contributed by atoms with E-state index in [9.17, 15) is 9.90 Å². The molecule has 3 N–H and O–H groups in total. The zero-order valence-electron chi connectivity index (χ0n) is 20.0. The topological polar surface area (TPSA) is 89.1 Å². The number of nitrogens with one attached hydrogen (secondary N) is 2. The molecule has 2 unspecified atom stereocenters. The van der Waals surface area contributed by atoms with Gasteiger partial charge in [0.05, 0.1) is 17.8 Å². The van der Waals surface area contributed by atoms with Crippen LogP contribution in [-0.4, -0.2) is 36.0 Å². The molecule has 2 aromatic carbocycles. The second kappa shape index (κ2) is 9.55. The van der Waals surface area contributed by atoms with Crippen molar-refractivity contribution in [3.05, 3.63) is 69.4 Å². The Labute approximate surface area is 214 Å². The number of amides is 1. The number of allylic oxidation sites excluding steroid dienone is 2. The molecule has 1 amide bonds. The highest BCUT2D eigenvalue weighted by Crippen LogP contribution is 2.47. The molecule has 0 aromatic heterocycles. The fourth-order valence-electron chi connectivity index (χ4n) is 4.63. The van der Waals surface area contributed by atoms with Gasteiger partial charge in [0.2, 0.25) is 5.60 Å². The van der Waals surface area contributed by atoms with Gasteiger partial charge in [0.1, 0.15) is 22.1 Å². The quantitative estimate of drug-likeness (QED) is 0.237. The third-order valence-corrected chi connectivity index (χ3v) is 7.16. The van der Waals surface area contributed by atoms with Crippen LogP contribution >= 0.6 is 23.2 Å². The molecule has 1 spiro atoms. The van der Waals surface area contributed by atoms with Crippen LogP contribution in [0.4, 0.5) is 5.69 Å². The van der Waals surface area contributed by atoms with Crippen molar-refractivity contribution in [2.24, 2.45) is 0 Å². The average Bonchev–Trinajstić information content (AvgIpc) is 2.82. The van der Waals surface area contributed by atoms with Crippen LogP contribution in [0.3, 0.4) is 0 Å². The first-order valence-electron chi connectivity index (χ1n) is 11.2. The van der Waals surface area contributed by atoms with Crippen LogP contribution in [0.15, 0.2) is 48.3 Å². The first kappa shape index (κ1) is 25.1. The average molecular weight is 519 g/mol. The van der Waals surface area contributed by atoms with Crippen LogP contribution in [0.2, 0.25) is 10.0 Å². The normalized spacial score (nSPS) is 22.8. The number of methoxy groups -OCH3 is 1. The van der Waals surface area contributed by atoms with Crippen molar-refractivity contribution >= 4 is 34.8 Å². The lowest BCUT2D eigenvalue weighted by Gasteiger charge is -2.56. The smallest absolute Gasteiger partial charge is 0.267 e. The van der Waals surface area contributed by atoms with E-state index in [1.807, 2.05) is 57.2 Å². The van der Waals surface area contributed by atoms with Gasteiger partial charge in [-0.05, 0) is 44.0 Å². The number of carbonyl (C=O) groups is 1. The first-order chi connectivity index (χ1) is 16.7. The third-order valence-electron chi connectivity index (χ3n) is 6.53. The SMILES string of the molecule is CCC1(Oc2ccc(C)cc2C)C(=O)NC12C=CC=C(OCNc1cc(Cl)c(OC)c(Cl)c1O)C2. The Balaban J connectivity index is 1.48. The summed E-state index contributed by atoms with van der Waals surface area (Å²) in [5.41, 5.74) is 0.604. The highest BCUT2D eigenvalue weighted by atomic mass is 35.5. The van der Waals surface area contributed by atoms with Crippen LogP contribution in [-0.2, 0) is 9.53 Å². The van der Waals surface area contributed by atoms with Crippen molar-refractivity contribution in [1.29, 1.82) is 0 Å². The number of rotatable bonds is 8. The number of halogens is 2. The number of phenolic OH excluding ortho intramolecular Hbond substituents is 1. The molecular formula is C26H28Cl2N2O5. The summed E-state index contributed by atoms with van der Waals surface area (Å²) >= 11 is 12.3. The van der Waals surface area contributed by atoms with Crippen LogP contribution in [0.5, 0.6) is 17.2 Å². The van der Waals surface area contributed by atoms with Crippen molar-refractivity contribution in [2.75, 3.05) is 19.2 Å². The number of aromatic hydroxyl groups is 1. The maximum absolute atomic E-state index is 12.9. The molecule has 1 heterocycles. The number of β-lactam (4-membered cyclic amide) rings is 1. The van der Waals surface area contributed by atoms with Crippen molar-refractivity contribution in [1.82, 2.24) is 5.32 Å². The van der Waals surface area contributed by atoms with Crippen molar-refractivity contribution < 1.29 is 24.1 Å². The number of hydrogen-bond donors (Lipinski definition) is 3. The van der Waals surface area contributed by atoms with Crippen molar-refractivity contribution in [3.63, 3.8) is 0 Å². The van der Waals surface area contributed by atoms with Crippen molar-refractivity contribution in [3.8, 4) is 17.2 Å². The molecule has 35 heavy (non-hydrogen) atoms. The van der Waals surface area contributed by atoms with Crippen LogP contribution < -0.4 is 20.1 Å². The molecule has 0 radical (unpaired) electrons. The molecule has 9 heteroatoms. The summed E-state index contributed by atoms with van der Waals surface area (Å²) in [4.78, 5) is 12.9. The summed E-state index contributed by atoms with van der Waals surface area (Å²) in [5.74, 6) is 1.18. The Hall–Kier alpha value is -3.03. The second-order valence-corrected chi connectivity index (χ2v) is 9.50. The summed E-state index contributed by atoms with van der Waals surface area (Å²) in [6, 6.07) is 7.42. The Morgan fingerprint density at radius 3 is 2.66 bits per heavy atom. The maximum Gasteiger partial charge on any atom is 0.267 e. The largest absolute Gasteiger partial charge is 0.504 e. The van der Waals surface area contributed by atoms with E-state index in [4.69, 9.17) is 37.4 Å². The third kappa shape index (κ3) is 4.28. The van der Waals surface area contributed by atoms with E-state index in [1.54, 1.807) is 0 Å². The van der Waals surface area contributed by atoms with Crippen LogP contribution in [0.1, 0.15) is 30.9 Å². The monoisotopic (exact) mass is 518 g/mol. The number of benzene rings is 2. The van der Waals surface area contributed by atoms with Gasteiger partial charge in [0.25, 0.3) is 5.91 Å². The van der Waals surface area contributed by atoms with E-state index < -0.39 is 11.1 Å². The minimum absolute atomic E-state index is 0.00901. The predicted molar refractivity (Wildman–Crippen MR) is 137 cm³/mol. The van der Waals surface area contributed by atoms with E-state index >= 15 is 0 Å². The van der Waals surface area contributed by atoms with Crippen molar-refractivity contribution in [2.45, 2.75) is 44.8 Å². The van der Waals surface area contributed by atoms with Gasteiger partial charge in [0.15, 0.2) is 18.2 Å². The number of ether oxygens (including phenoxy) is 3. The van der Waals surface area contributed by atoms with E-state index in [0.717, 1.165) is 11.1 Å². The van der Waals surface area contributed by atoms with E-state index in [-0.39, 0.29) is 34.2 Å². The van der Waals surface area contributed by atoms with Gasteiger partial charge >= 0.3 is 0 Å². The number of phenols is 1. The molecule has 2 aromatic rings. The molecule has 0 bridgehead atoms. The standard InChI is InChI=1S/C26H28Cl2N2O5/c1-5-26(35-20-9-8-15(2)11-16(20)3)24(32)30-25(26)10-6-7-17(13-25)34-14-29-19-12-18(27)23(33-4)21(28)22(19)31/h6-12,29,31H,5,13-14H2,1-4H3,(H,30,32). The first-order valence-corrected chi connectivity index (χ1v) is 12.0. The molecule has 2 atom stereocenters. The van der Waals surface area contributed by atoms with E-state index in [0.29, 0.717) is 30.0 Å². The summed E-state index contributed by atoms with van der Waals surface area (Å²) in [7, 11) is 1.42. The lowest BCUT2D eigenvalue weighted by atomic mass is 9.65. The lowest BCUT2D eigenvalue weighted by molar-refractivity contribution is -0.166. The zero-order chi connectivity index (χ0) is 25.4. The predicted octanol–water partition coefficient (Wildman–Crippen LogP) is 5.65. The Morgan fingerprint density at radius 1 is 1.23 bits per heavy atom. The molecule has 2 aliphatic rings. The van der Waals surface area contributed by atoms with Crippen LogP contribution in [0, 0.1) is 13.8 Å². The Morgan fingerprint density at radius 2 is 2.00 bits per heavy atom. The number of anilines is 1. The number of hydrogen-bond acceptors (Lipinski definition) is 6. The molecule has 0 saturated carbocycles. The summed E-state index contributed by atoms with van der Waals surface area (Å²) in [6.07, 6.45) is 6.54. The maximum atomic E-state index is 12.9. The Bertz CT molecular complexity index is 1230. The fourth-order valence-corrected chi connectivity index (χ4v) is 5.24. The van der Waals surface area contributed by atoms with Gasteiger partial charge in [-0.3, -0.25) is 4.79 Å². The molecule has 1 saturated heterocycles. The fraction of sp³-hybridized carbons (Fsp3) is 0.346. The lowest BCUT2D eigenvalue weighted by Crippen LogP contribution is -2.83. The minimum atomic E-state index is -1.06. The summed E-state index contributed by atoms with van der Waals surface area (Å²) in [6.45, 7) is 5.97. The molecule has 186 valence electrons. The molecule has 1 fully saturated rings. The van der Waals surface area contributed by atoms with Gasteiger partial charge in [0, 0.05) is 6.42 Å². The van der Waals surface area contributed by atoms with Gasteiger partial charge < -0.3 is 30.0 Å². The summed E-state index contributed by atoms with van der Waals surface area (Å²) in [5, 5.41) is 16.6. The molecular weight excluding hydrogens is 491 g/mol. The van der Waals surface area contributed by atoms with Gasteiger partial charge in [-0.15, -0.1) is 0 Å². The highest BCUT2D eigenvalue weighted by Gasteiger charge is 2.67. The van der Waals surface area contributed by atoms with E-state index in [2.05, 4.69) is 10.6 Å². The van der Waals surface area contributed by atoms with Gasteiger partial charge in [-0.2, -0.15) is 0 Å². The number of aryl methyl sites for hydroxylation is 2. The number of carbonyl (C=O) groups excluding carboxylic acids is 1. The molecule has 7 nitrogen and oxygen atoms in total. The van der Waals surface area contributed by atoms with E-state index in [1.165, 1.54) is 13.2 Å². The Kier molecular flexibility index (Phi) is 6.84.